The van der Waals surface area contributed by atoms with E-state index < -0.39 is 10.0 Å². The topological polar surface area (TPSA) is 54.5 Å². The van der Waals surface area contributed by atoms with Crippen LogP contribution in [0.5, 0.6) is 0 Å². The maximum absolute atomic E-state index is 12.3. The van der Waals surface area contributed by atoms with Crippen LogP contribution in [-0.4, -0.2) is 33.3 Å². The lowest BCUT2D eigenvalue weighted by Gasteiger charge is -2.16. The fourth-order valence-electron chi connectivity index (χ4n) is 1.89. The summed E-state index contributed by atoms with van der Waals surface area (Å²) >= 11 is 13.4. The van der Waals surface area contributed by atoms with E-state index in [1.54, 1.807) is 42.5 Å². The predicted octanol–water partition coefficient (Wildman–Crippen LogP) is 4.36. The number of nitrogens with zero attached hydrogens (tertiary/aromatic N) is 1. The van der Waals surface area contributed by atoms with E-state index in [-0.39, 0.29) is 11.5 Å². The second-order valence-electron chi connectivity index (χ2n) is 5.04. The molecule has 0 saturated carbocycles. The van der Waals surface area contributed by atoms with Crippen LogP contribution in [0.3, 0.4) is 0 Å². The predicted molar refractivity (Wildman–Crippen MR) is 101 cm³/mol. The highest BCUT2D eigenvalue weighted by atomic mass is 35.5. The average Bonchev–Trinajstić information content (AvgIpc) is 2.52. The van der Waals surface area contributed by atoms with Gasteiger partial charge in [0.25, 0.3) is 0 Å². The third kappa shape index (κ3) is 4.66. The van der Waals surface area contributed by atoms with Gasteiger partial charge in [-0.1, -0.05) is 29.3 Å². The van der Waals surface area contributed by atoms with Gasteiger partial charge in [0.15, 0.2) is 5.78 Å². The summed E-state index contributed by atoms with van der Waals surface area (Å²) in [5.41, 5.74) is 0.993. The van der Waals surface area contributed by atoms with E-state index in [9.17, 15) is 13.2 Å². The van der Waals surface area contributed by atoms with Gasteiger partial charge in [-0.15, -0.1) is 11.8 Å². The molecule has 0 amide bonds. The molecule has 2 aromatic carbocycles. The van der Waals surface area contributed by atoms with Crippen molar-refractivity contribution in [2.45, 2.75) is 4.90 Å². The van der Waals surface area contributed by atoms with Crippen LogP contribution in [0, 0.1) is 0 Å². The number of carbonyl (C=O) groups is 1. The van der Waals surface area contributed by atoms with E-state index >= 15 is 0 Å². The summed E-state index contributed by atoms with van der Waals surface area (Å²) in [6.45, 7) is 0. The Morgan fingerprint density at radius 1 is 1.08 bits per heavy atom. The summed E-state index contributed by atoms with van der Waals surface area (Å²) in [7, 11) is -1.87. The Balaban J connectivity index is 2.08. The van der Waals surface area contributed by atoms with Crippen molar-refractivity contribution in [3.8, 4) is 0 Å². The molecule has 0 bridgehead atoms. The van der Waals surface area contributed by atoms with Crippen molar-refractivity contribution in [2.24, 2.45) is 0 Å². The third-order valence-corrected chi connectivity index (χ3v) is 6.51. The number of ketones is 1. The van der Waals surface area contributed by atoms with Gasteiger partial charge in [0, 0.05) is 17.5 Å². The minimum absolute atomic E-state index is 0.0930. The lowest BCUT2D eigenvalue weighted by atomic mass is 10.1. The van der Waals surface area contributed by atoms with E-state index in [2.05, 4.69) is 0 Å². The van der Waals surface area contributed by atoms with Crippen molar-refractivity contribution in [1.82, 2.24) is 0 Å². The molecule has 0 aliphatic rings. The van der Waals surface area contributed by atoms with E-state index in [0.717, 1.165) is 10.6 Å². The fourth-order valence-corrected chi connectivity index (χ4v) is 3.97. The van der Waals surface area contributed by atoms with Crippen molar-refractivity contribution < 1.29 is 13.2 Å². The summed E-state index contributed by atoms with van der Waals surface area (Å²) in [6, 6.07) is 11.6. The Hall–Kier alpha value is -1.21. The number of hydrogen-bond donors (Lipinski definition) is 0. The number of sulfonamides is 1. The number of Topliss-reactive ketones (excluding diaryl/α,β-unsaturated/α-hetero) is 1. The lowest BCUT2D eigenvalue weighted by molar-refractivity contribution is 0.102. The quantitative estimate of drug-likeness (QED) is 0.530. The molecule has 24 heavy (non-hydrogen) atoms. The molecular weight excluding hydrogens is 389 g/mol. The maximum Gasteiger partial charge on any atom is 0.231 e. The molecule has 4 nitrogen and oxygen atoms in total. The van der Waals surface area contributed by atoms with Crippen molar-refractivity contribution in [1.29, 1.82) is 0 Å². The normalized spacial score (nSPS) is 11.3. The minimum atomic E-state index is -3.33. The monoisotopic (exact) mass is 403 g/mol. The Morgan fingerprint density at radius 3 is 2.12 bits per heavy atom. The molecule has 0 atom stereocenters. The van der Waals surface area contributed by atoms with E-state index in [4.69, 9.17) is 23.2 Å². The SMILES string of the molecule is CN(c1ccc(C(=O)CSc2c(Cl)cccc2Cl)cc1)S(C)(=O)=O. The molecule has 0 aliphatic carbocycles. The van der Waals surface area contributed by atoms with Crippen LogP contribution in [0.4, 0.5) is 5.69 Å². The summed E-state index contributed by atoms with van der Waals surface area (Å²) < 4.78 is 24.2. The summed E-state index contributed by atoms with van der Waals surface area (Å²) in [5, 5.41) is 1.01. The third-order valence-electron chi connectivity index (χ3n) is 3.32. The van der Waals surface area contributed by atoms with Gasteiger partial charge in [-0.2, -0.15) is 0 Å². The van der Waals surface area contributed by atoms with Gasteiger partial charge in [-0.05, 0) is 36.4 Å². The van der Waals surface area contributed by atoms with Crippen LogP contribution in [0.2, 0.25) is 10.0 Å². The number of benzene rings is 2. The largest absolute Gasteiger partial charge is 0.293 e. The van der Waals surface area contributed by atoms with Crippen molar-refractivity contribution in [2.75, 3.05) is 23.4 Å². The van der Waals surface area contributed by atoms with Crippen LogP contribution >= 0.6 is 35.0 Å². The van der Waals surface area contributed by atoms with Crippen LogP contribution in [0.25, 0.3) is 0 Å². The molecule has 2 aromatic rings. The van der Waals surface area contributed by atoms with Gasteiger partial charge < -0.3 is 0 Å². The number of halogens is 2. The highest BCUT2D eigenvalue weighted by molar-refractivity contribution is 8.00. The number of rotatable bonds is 6. The molecule has 2 rings (SSSR count). The van der Waals surface area contributed by atoms with Crippen molar-refractivity contribution in [3.63, 3.8) is 0 Å². The van der Waals surface area contributed by atoms with Crippen LogP contribution in [0.1, 0.15) is 10.4 Å². The fraction of sp³-hybridized carbons (Fsp3) is 0.188. The summed E-state index contributed by atoms with van der Waals surface area (Å²) in [5.74, 6) is 0.0922. The number of carbonyl (C=O) groups excluding carboxylic acids is 1. The smallest absolute Gasteiger partial charge is 0.231 e. The van der Waals surface area contributed by atoms with E-state index in [0.29, 0.717) is 26.2 Å². The summed E-state index contributed by atoms with van der Waals surface area (Å²) in [4.78, 5) is 12.9. The maximum atomic E-state index is 12.3. The zero-order chi connectivity index (χ0) is 17.9. The van der Waals surface area contributed by atoms with Gasteiger partial charge in [-0.25, -0.2) is 8.42 Å². The first-order valence-corrected chi connectivity index (χ1v) is 10.4. The second-order valence-corrected chi connectivity index (χ2v) is 8.85. The molecule has 0 spiro atoms. The van der Waals surface area contributed by atoms with Gasteiger partial charge in [0.2, 0.25) is 10.0 Å². The zero-order valence-electron chi connectivity index (χ0n) is 13.0. The lowest BCUT2D eigenvalue weighted by Crippen LogP contribution is -2.24. The van der Waals surface area contributed by atoms with Crippen LogP contribution < -0.4 is 4.31 Å². The standard InChI is InChI=1S/C16H15Cl2NO3S2/c1-19(24(2,21)22)12-8-6-11(7-9-12)15(20)10-23-16-13(17)4-3-5-14(16)18/h3-9H,10H2,1-2H3. The molecule has 0 unspecified atom stereocenters. The first-order valence-electron chi connectivity index (χ1n) is 6.84. The Bertz CT molecular complexity index is 832. The molecule has 0 fully saturated rings. The van der Waals surface area contributed by atoms with Gasteiger partial charge >= 0.3 is 0 Å². The Kier molecular flexibility index (Phi) is 6.20. The van der Waals surface area contributed by atoms with Crippen LogP contribution in [-0.2, 0) is 10.0 Å². The Labute approximate surface area is 155 Å². The van der Waals surface area contributed by atoms with Gasteiger partial charge in [-0.3, -0.25) is 9.10 Å². The summed E-state index contributed by atoms with van der Waals surface area (Å²) in [6.07, 6.45) is 1.12. The van der Waals surface area contributed by atoms with Crippen molar-refractivity contribution >= 4 is 56.5 Å². The second kappa shape index (κ2) is 7.78. The number of thioether (sulfide) groups is 1. The molecule has 128 valence electrons. The van der Waals surface area contributed by atoms with E-state index in [1.165, 1.54) is 18.8 Å². The highest BCUT2D eigenvalue weighted by Gasteiger charge is 2.14. The molecule has 0 aliphatic heterocycles. The molecule has 0 N–H and O–H groups in total. The molecule has 0 aromatic heterocycles. The van der Waals surface area contributed by atoms with Gasteiger partial charge in [0.1, 0.15) is 0 Å². The highest BCUT2D eigenvalue weighted by Crippen LogP contribution is 2.34. The minimum Gasteiger partial charge on any atom is -0.293 e. The molecule has 8 heteroatoms. The molecule has 0 heterocycles. The average molecular weight is 404 g/mol. The molecular formula is C16H15Cl2NO3S2. The number of hydrogen-bond acceptors (Lipinski definition) is 4. The first kappa shape index (κ1) is 19.1. The first-order chi connectivity index (χ1) is 11.2. The molecule has 0 saturated heterocycles. The van der Waals surface area contributed by atoms with Crippen LogP contribution in [0.15, 0.2) is 47.4 Å². The molecule has 0 radical (unpaired) electrons. The van der Waals surface area contributed by atoms with Gasteiger partial charge in [0.05, 0.1) is 27.7 Å². The zero-order valence-corrected chi connectivity index (χ0v) is 16.1. The van der Waals surface area contributed by atoms with E-state index in [1.807, 2.05) is 0 Å². The Morgan fingerprint density at radius 2 is 1.62 bits per heavy atom. The van der Waals surface area contributed by atoms with Crippen molar-refractivity contribution in [3.05, 3.63) is 58.1 Å². The number of anilines is 1.